The summed E-state index contributed by atoms with van der Waals surface area (Å²) >= 11 is 0. The summed E-state index contributed by atoms with van der Waals surface area (Å²) < 4.78 is 13.6. The first-order valence-corrected chi connectivity index (χ1v) is 21.9. The Kier molecular flexibility index (Phi) is 7.36. The van der Waals surface area contributed by atoms with Gasteiger partial charge in [-0.05, 0) is 113 Å². The molecule has 0 N–H and O–H groups in total. The van der Waals surface area contributed by atoms with E-state index in [1.165, 1.54) is 76.6 Å². The molecule has 0 aliphatic heterocycles. The van der Waals surface area contributed by atoms with E-state index in [1.807, 2.05) is 12.1 Å². The Labute approximate surface area is 367 Å². The SMILES string of the molecule is c1ccc(-c2cc3c4ccccc4n(-c4ccc5oc6ccccc6c5c4)c3cc2-c2ccc3c4ccccc4n(-c4ccc5c(c4)c4ccccc4n5-c4ccccc4)c3c2)cc1. The van der Waals surface area contributed by atoms with Gasteiger partial charge in [-0.25, -0.2) is 0 Å². The second kappa shape index (κ2) is 13.4. The van der Waals surface area contributed by atoms with Crippen LogP contribution in [0.3, 0.4) is 0 Å². The van der Waals surface area contributed by atoms with E-state index in [1.54, 1.807) is 0 Å². The fraction of sp³-hybridized carbons (Fsp3) is 0. The van der Waals surface area contributed by atoms with Gasteiger partial charge in [0.05, 0.1) is 33.1 Å². The zero-order valence-corrected chi connectivity index (χ0v) is 34.6. The van der Waals surface area contributed by atoms with Gasteiger partial charge >= 0.3 is 0 Å². The highest BCUT2D eigenvalue weighted by atomic mass is 16.3. The van der Waals surface area contributed by atoms with Gasteiger partial charge in [-0.15, -0.1) is 0 Å². The smallest absolute Gasteiger partial charge is 0.135 e. The largest absolute Gasteiger partial charge is 0.456 e. The van der Waals surface area contributed by atoms with Crippen molar-refractivity contribution in [3.05, 3.63) is 224 Å². The average molecular weight is 816 g/mol. The van der Waals surface area contributed by atoms with Crippen LogP contribution in [0.2, 0.25) is 0 Å². The summed E-state index contributed by atoms with van der Waals surface area (Å²) in [7, 11) is 0. The van der Waals surface area contributed by atoms with E-state index in [-0.39, 0.29) is 0 Å². The van der Waals surface area contributed by atoms with Crippen LogP contribution in [0.4, 0.5) is 0 Å². The lowest BCUT2D eigenvalue weighted by atomic mass is 9.92. The third-order valence-corrected chi connectivity index (χ3v) is 13.4. The van der Waals surface area contributed by atoms with Gasteiger partial charge in [0.2, 0.25) is 0 Å². The molecule has 4 heterocycles. The predicted molar refractivity (Wildman–Crippen MR) is 268 cm³/mol. The van der Waals surface area contributed by atoms with Gasteiger partial charge in [0.15, 0.2) is 0 Å². The number of furan rings is 1. The van der Waals surface area contributed by atoms with Crippen molar-refractivity contribution in [2.24, 2.45) is 0 Å². The van der Waals surface area contributed by atoms with Gasteiger partial charge in [-0.2, -0.15) is 0 Å². The molecule has 0 radical (unpaired) electrons. The van der Waals surface area contributed by atoms with Crippen LogP contribution in [0.5, 0.6) is 0 Å². The minimum absolute atomic E-state index is 0.891. The van der Waals surface area contributed by atoms with E-state index in [0.29, 0.717) is 0 Å². The number of hydrogen-bond acceptors (Lipinski definition) is 1. The van der Waals surface area contributed by atoms with Crippen LogP contribution < -0.4 is 0 Å². The molecule has 298 valence electrons. The molecule has 10 aromatic carbocycles. The highest BCUT2D eigenvalue weighted by Crippen LogP contribution is 2.44. The van der Waals surface area contributed by atoms with Crippen molar-refractivity contribution < 1.29 is 4.42 Å². The maximum absolute atomic E-state index is 6.29. The van der Waals surface area contributed by atoms with E-state index in [0.717, 1.165) is 50.1 Å². The van der Waals surface area contributed by atoms with Crippen LogP contribution in [0.1, 0.15) is 0 Å². The standard InChI is InChI=1S/C60H37N3O/c1-3-15-38(16-4-1)48-36-51-45-21-9-13-25-55(45)63(42-29-32-60-52(35-42)47-22-10-14-26-59(47)64-60)58(51)37-49(48)39-27-30-46-43-19-7-11-23-53(43)62(57(46)33-39)41-28-31-56-50(34-41)44-20-8-12-24-54(44)61(56)40-17-5-2-6-18-40/h1-37H. The van der Waals surface area contributed by atoms with Crippen molar-refractivity contribution in [1.29, 1.82) is 0 Å². The summed E-state index contributed by atoms with van der Waals surface area (Å²) in [5.74, 6) is 0. The molecule has 4 nitrogen and oxygen atoms in total. The summed E-state index contributed by atoms with van der Waals surface area (Å²) in [5, 5.41) is 9.59. The minimum Gasteiger partial charge on any atom is -0.456 e. The molecule has 0 bridgehead atoms. The van der Waals surface area contributed by atoms with Crippen LogP contribution >= 0.6 is 0 Å². The number of aromatic nitrogens is 3. The molecule has 0 saturated carbocycles. The van der Waals surface area contributed by atoms with Crippen molar-refractivity contribution in [3.63, 3.8) is 0 Å². The zero-order chi connectivity index (χ0) is 41.9. The topological polar surface area (TPSA) is 27.9 Å². The van der Waals surface area contributed by atoms with Gasteiger partial charge in [0, 0.05) is 60.2 Å². The van der Waals surface area contributed by atoms with E-state index in [9.17, 15) is 0 Å². The molecule has 4 aromatic heterocycles. The molecule has 0 spiro atoms. The van der Waals surface area contributed by atoms with E-state index in [4.69, 9.17) is 4.42 Å². The van der Waals surface area contributed by atoms with Gasteiger partial charge in [-0.3, -0.25) is 0 Å². The van der Waals surface area contributed by atoms with Crippen molar-refractivity contribution in [3.8, 4) is 39.3 Å². The molecule has 0 atom stereocenters. The zero-order valence-electron chi connectivity index (χ0n) is 34.6. The molecule has 0 aliphatic rings. The van der Waals surface area contributed by atoms with Gasteiger partial charge in [0.25, 0.3) is 0 Å². The molecular formula is C60H37N3O. The molecule has 14 rings (SSSR count). The maximum Gasteiger partial charge on any atom is 0.135 e. The monoisotopic (exact) mass is 815 g/mol. The second-order valence-corrected chi connectivity index (χ2v) is 16.9. The Morgan fingerprint density at radius 3 is 1.41 bits per heavy atom. The van der Waals surface area contributed by atoms with E-state index in [2.05, 4.69) is 226 Å². The molecule has 64 heavy (non-hydrogen) atoms. The lowest BCUT2D eigenvalue weighted by Gasteiger charge is -2.15. The highest BCUT2D eigenvalue weighted by Gasteiger charge is 2.21. The van der Waals surface area contributed by atoms with Crippen LogP contribution in [-0.2, 0) is 0 Å². The highest BCUT2D eigenvalue weighted by molar-refractivity contribution is 6.16. The summed E-state index contributed by atoms with van der Waals surface area (Å²) in [6.07, 6.45) is 0. The van der Waals surface area contributed by atoms with E-state index < -0.39 is 0 Å². The number of hydrogen-bond donors (Lipinski definition) is 0. The van der Waals surface area contributed by atoms with Gasteiger partial charge in [-0.1, -0.05) is 133 Å². The van der Waals surface area contributed by atoms with Crippen molar-refractivity contribution in [1.82, 2.24) is 13.7 Å². The molecule has 14 aromatic rings. The van der Waals surface area contributed by atoms with E-state index >= 15 is 0 Å². The van der Waals surface area contributed by atoms with Crippen molar-refractivity contribution in [2.75, 3.05) is 0 Å². The molecular weight excluding hydrogens is 779 g/mol. The Morgan fingerprint density at radius 1 is 0.234 bits per heavy atom. The summed E-state index contributed by atoms with van der Waals surface area (Å²) in [6, 6.07) is 81.7. The van der Waals surface area contributed by atoms with Gasteiger partial charge in [0.1, 0.15) is 11.2 Å². The Morgan fingerprint density at radius 2 is 0.703 bits per heavy atom. The molecule has 0 fully saturated rings. The normalized spacial score (nSPS) is 12.1. The van der Waals surface area contributed by atoms with Crippen molar-refractivity contribution in [2.45, 2.75) is 0 Å². The molecule has 0 saturated heterocycles. The van der Waals surface area contributed by atoms with Crippen LogP contribution in [0, 0.1) is 0 Å². The molecule has 0 amide bonds. The maximum atomic E-state index is 6.29. The number of nitrogens with zero attached hydrogens (tertiary/aromatic N) is 3. The van der Waals surface area contributed by atoms with Crippen LogP contribution in [0.15, 0.2) is 229 Å². The summed E-state index contributed by atoms with van der Waals surface area (Å²) in [6.45, 7) is 0. The average Bonchev–Trinajstić information content (AvgIpc) is 4.09. The molecule has 4 heteroatoms. The first kappa shape index (κ1) is 35.0. The Hall–Kier alpha value is -8.60. The molecule has 0 aliphatic carbocycles. The van der Waals surface area contributed by atoms with Crippen molar-refractivity contribution >= 4 is 87.4 Å². The Balaban J connectivity index is 1.03. The summed E-state index contributed by atoms with van der Waals surface area (Å²) in [4.78, 5) is 0. The Bertz CT molecular complexity index is 4180. The number of rotatable bonds is 5. The fourth-order valence-electron chi connectivity index (χ4n) is 10.6. The number of benzene rings is 10. The first-order valence-electron chi connectivity index (χ1n) is 21.9. The second-order valence-electron chi connectivity index (χ2n) is 16.9. The first-order chi connectivity index (χ1) is 31.7. The van der Waals surface area contributed by atoms with Crippen LogP contribution in [0.25, 0.3) is 127 Å². The number of fused-ring (bicyclic) bond motifs is 12. The van der Waals surface area contributed by atoms with Crippen LogP contribution in [-0.4, -0.2) is 13.7 Å². The third-order valence-electron chi connectivity index (χ3n) is 13.4. The molecule has 0 unspecified atom stereocenters. The number of para-hydroxylation sites is 5. The third kappa shape index (κ3) is 5.05. The summed E-state index contributed by atoms with van der Waals surface area (Å²) in [5.41, 5.74) is 17.0. The lowest BCUT2D eigenvalue weighted by Crippen LogP contribution is -1.96. The van der Waals surface area contributed by atoms with Gasteiger partial charge < -0.3 is 18.1 Å². The predicted octanol–water partition coefficient (Wildman–Crippen LogP) is 16.2. The quantitative estimate of drug-likeness (QED) is 0.170. The lowest BCUT2D eigenvalue weighted by molar-refractivity contribution is 0.669. The fourth-order valence-corrected chi connectivity index (χ4v) is 10.6. The minimum atomic E-state index is 0.891.